The van der Waals surface area contributed by atoms with Crippen LogP contribution in [0.15, 0.2) is 18.3 Å². The van der Waals surface area contributed by atoms with Crippen molar-refractivity contribution in [3.63, 3.8) is 0 Å². The summed E-state index contributed by atoms with van der Waals surface area (Å²) in [6.45, 7) is 4.72. The Kier molecular flexibility index (Phi) is 4.84. The van der Waals surface area contributed by atoms with Crippen LogP contribution in [0.4, 0.5) is 0 Å². The Hall–Kier alpha value is -1.97. The summed E-state index contributed by atoms with van der Waals surface area (Å²) in [7, 11) is 0. The summed E-state index contributed by atoms with van der Waals surface area (Å²) in [6, 6.07) is 5.01. The van der Waals surface area contributed by atoms with Crippen molar-refractivity contribution in [2.24, 2.45) is 0 Å². The van der Waals surface area contributed by atoms with Crippen molar-refractivity contribution in [3.8, 4) is 6.07 Å². The molecule has 1 amide bonds. The fourth-order valence-electron chi connectivity index (χ4n) is 1.89. The highest BCUT2D eigenvalue weighted by Crippen LogP contribution is 2.01. The number of ether oxygens (including phenoxy) is 1. The molecule has 1 aliphatic rings. The molecule has 2 heterocycles. The second-order valence-corrected chi connectivity index (χ2v) is 4.25. The van der Waals surface area contributed by atoms with Gasteiger partial charge in [0.25, 0.3) is 5.91 Å². The second kappa shape index (κ2) is 6.83. The number of aromatic nitrogens is 1. The van der Waals surface area contributed by atoms with Crippen LogP contribution < -0.4 is 5.32 Å². The maximum absolute atomic E-state index is 11.9. The third kappa shape index (κ3) is 4.02. The number of morpholine rings is 1. The second-order valence-electron chi connectivity index (χ2n) is 4.25. The lowest BCUT2D eigenvalue weighted by Gasteiger charge is -2.26. The summed E-state index contributed by atoms with van der Waals surface area (Å²) in [5, 5.41) is 11.6. The van der Waals surface area contributed by atoms with Crippen LogP contribution in [0.5, 0.6) is 0 Å². The molecule has 1 N–H and O–H groups in total. The Morgan fingerprint density at radius 2 is 2.32 bits per heavy atom. The van der Waals surface area contributed by atoms with E-state index in [1.54, 1.807) is 6.07 Å². The molecule has 0 aliphatic carbocycles. The normalized spacial score (nSPS) is 15.7. The van der Waals surface area contributed by atoms with Gasteiger partial charge in [0.15, 0.2) is 0 Å². The van der Waals surface area contributed by atoms with Gasteiger partial charge in [0.05, 0.1) is 13.2 Å². The van der Waals surface area contributed by atoms with E-state index in [1.165, 1.54) is 12.3 Å². The molecular formula is C13H16N4O2. The number of carbonyl (C=O) groups excluding carboxylic acids is 1. The molecule has 0 atom stereocenters. The number of hydrogen-bond donors (Lipinski definition) is 1. The quantitative estimate of drug-likeness (QED) is 0.825. The molecule has 1 aromatic rings. The average molecular weight is 260 g/mol. The van der Waals surface area contributed by atoms with Crippen LogP contribution in [0.25, 0.3) is 0 Å². The first-order valence-electron chi connectivity index (χ1n) is 6.24. The van der Waals surface area contributed by atoms with Crippen LogP contribution in [0.3, 0.4) is 0 Å². The third-order valence-corrected chi connectivity index (χ3v) is 2.95. The minimum Gasteiger partial charge on any atom is -0.379 e. The van der Waals surface area contributed by atoms with Gasteiger partial charge in [-0.05, 0) is 12.1 Å². The summed E-state index contributed by atoms with van der Waals surface area (Å²) in [4.78, 5) is 17.9. The van der Waals surface area contributed by atoms with Crippen LogP contribution >= 0.6 is 0 Å². The molecule has 0 spiro atoms. The number of amides is 1. The maximum atomic E-state index is 11.9. The maximum Gasteiger partial charge on any atom is 0.251 e. The molecule has 1 saturated heterocycles. The Bertz CT molecular complexity index is 478. The van der Waals surface area contributed by atoms with Crippen LogP contribution in [0.2, 0.25) is 0 Å². The summed E-state index contributed by atoms with van der Waals surface area (Å²) in [6.07, 6.45) is 1.47. The van der Waals surface area contributed by atoms with Crippen molar-refractivity contribution in [2.75, 3.05) is 39.4 Å². The predicted molar refractivity (Wildman–Crippen MR) is 68.5 cm³/mol. The van der Waals surface area contributed by atoms with Gasteiger partial charge in [-0.2, -0.15) is 5.26 Å². The largest absolute Gasteiger partial charge is 0.379 e. The van der Waals surface area contributed by atoms with Gasteiger partial charge in [0.2, 0.25) is 0 Å². The summed E-state index contributed by atoms with van der Waals surface area (Å²) >= 11 is 0. The highest BCUT2D eigenvalue weighted by molar-refractivity contribution is 5.94. The van der Waals surface area contributed by atoms with Gasteiger partial charge in [-0.15, -0.1) is 0 Å². The van der Waals surface area contributed by atoms with Crippen LogP contribution in [-0.2, 0) is 4.74 Å². The molecule has 0 unspecified atom stereocenters. The van der Waals surface area contributed by atoms with Gasteiger partial charge < -0.3 is 10.1 Å². The van der Waals surface area contributed by atoms with E-state index in [9.17, 15) is 4.79 Å². The number of nitrogens with one attached hydrogen (secondary N) is 1. The highest BCUT2D eigenvalue weighted by Gasteiger charge is 2.11. The van der Waals surface area contributed by atoms with E-state index in [2.05, 4.69) is 15.2 Å². The van der Waals surface area contributed by atoms with E-state index in [0.29, 0.717) is 12.1 Å². The minimum absolute atomic E-state index is 0.174. The Morgan fingerprint density at radius 3 is 3.05 bits per heavy atom. The number of nitriles is 1. The van der Waals surface area contributed by atoms with Crippen molar-refractivity contribution >= 4 is 5.91 Å². The first-order chi connectivity index (χ1) is 9.29. The lowest BCUT2D eigenvalue weighted by molar-refractivity contribution is 0.0383. The van der Waals surface area contributed by atoms with Crippen LogP contribution in [0.1, 0.15) is 16.1 Å². The van der Waals surface area contributed by atoms with E-state index in [0.717, 1.165) is 32.8 Å². The van der Waals surface area contributed by atoms with E-state index in [-0.39, 0.29) is 11.6 Å². The molecule has 0 radical (unpaired) electrons. The van der Waals surface area contributed by atoms with Crippen molar-refractivity contribution in [1.29, 1.82) is 5.26 Å². The van der Waals surface area contributed by atoms with Gasteiger partial charge in [0, 0.05) is 37.9 Å². The molecule has 100 valence electrons. The van der Waals surface area contributed by atoms with Gasteiger partial charge >= 0.3 is 0 Å². The molecule has 0 saturated carbocycles. The van der Waals surface area contributed by atoms with Gasteiger partial charge in [-0.3, -0.25) is 9.69 Å². The SMILES string of the molecule is N#Cc1cc(C(=O)NCCN2CCOCC2)ccn1. The zero-order chi connectivity index (χ0) is 13.5. The molecule has 0 bridgehead atoms. The monoisotopic (exact) mass is 260 g/mol. The van der Waals surface area contributed by atoms with E-state index in [1.807, 2.05) is 6.07 Å². The summed E-state index contributed by atoms with van der Waals surface area (Å²) < 4.78 is 5.26. The lowest BCUT2D eigenvalue weighted by Crippen LogP contribution is -2.41. The zero-order valence-electron chi connectivity index (χ0n) is 10.6. The van der Waals surface area contributed by atoms with Crippen molar-refractivity contribution in [1.82, 2.24) is 15.2 Å². The van der Waals surface area contributed by atoms with Gasteiger partial charge in [-0.25, -0.2) is 4.98 Å². The number of rotatable bonds is 4. The summed E-state index contributed by atoms with van der Waals surface area (Å²) in [5.41, 5.74) is 0.717. The molecular weight excluding hydrogens is 244 g/mol. The smallest absolute Gasteiger partial charge is 0.251 e. The topological polar surface area (TPSA) is 78.2 Å². The average Bonchev–Trinajstić information content (AvgIpc) is 2.48. The van der Waals surface area contributed by atoms with E-state index >= 15 is 0 Å². The van der Waals surface area contributed by atoms with Crippen molar-refractivity contribution < 1.29 is 9.53 Å². The van der Waals surface area contributed by atoms with Gasteiger partial charge in [0.1, 0.15) is 11.8 Å². The number of nitrogens with zero attached hydrogens (tertiary/aromatic N) is 3. The third-order valence-electron chi connectivity index (χ3n) is 2.95. The molecule has 6 nitrogen and oxygen atoms in total. The molecule has 19 heavy (non-hydrogen) atoms. The molecule has 1 aromatic heterocycles. The van der Waals surface area contributed by atoms with E-state index in [4.69, 9.17) is 10.00 Å². The molecule has 1 fully saturated rings. The molecule has 0 aromatic carbocycles. The number of pyridine rings is 1. The van der Waals surface area contributed by atoms with Crippen LogP contribution in [-0.4, -0.2) is 55.2 Å². The van der Waals surface area contributed by atoms with E-state index < -0.39 is 0 Å². The minimum atomic E-state index is -0.174. The molecule has 1 aliphatic heterocycles. The Morgan fingerprint density at radius 1 is 1.53 bits per heavy atom. The predicted octanol–water partition coefficient (Wildman–Crippen LogP) is 0.0153. The number of hydrogen-bond acceptors (Lipinski definition) is 5. The lowest BCUT2D eigenvalue weighted by atomic mass is 10.2. The number of carbonyl (C=O) groups is 1. The van der Waals surface area contributed by atoms with Crippen molar-refractivity contribution in [2.45, 2.75) is 0 Å². The molecule has 2 rings (SSSR count). The Labute approximate surface area is 112 Å². The fourth-order valence-corrected chi connectivity index (χ4v) is 1.89. The fraction of sp³-hybridized carbons (Fsp3) is 0.462. The first-order valence-corrected chi connectivity index (χ1v) is 6.24. The zero-order valence-corrected chi connectivity index (χ0v) is 10.6. The Balaban J connectivity index is 1.79. The standard InChI is InChI=1S/C13H16N4O2/c14-10-12-9-11(1-2-15-12)13(18)16-3-4-17-5-7-19-8-6-17/h1-2,9H,3-8H2,(H,16,18). The molecule has 6 heteroatoms. The summed E-state index contributed by atoms with van der Waals surface area (Å²) in [5.74, 6) is -0.174. The highest BCUT2D eigenvalue weighted by atomic mass is 16.5. The first kappa shape index (κ1) is 13.5. The van der Waals surface area contributed by atoms with Gasteiger partial charge in [-0.1, -0.05) is 0 Å². The van der Waals surface area contributed by atoms with Crippen molar-refractivity contribution in [3.05, 3.63) is 29.6 Å². The van der Waals surface area contributed by atoms with Crippen LogP contribution in [0, 0.1) is 11.3 Å².